The number of halogens is 1. The maximum atomic E-state index is 6.36. The summed E-state index contributed by atoms with van der Waals surface area (Å²) in [5.41, 5.74) is 4.96. The van der Waals surface area contributed by atoms with Crippen molar-refractivity contribution in [2.75, 3.05) is 31.1 Å². The molecule has 0 bridgehead atoms. The Labute approximate surface area is 201 Å². The molecule has 7 rings (SSSR count). The third kappa shape index (κ3) is 3.15. The average Bonchev–Trinajstić information content (AvgIpc) is 3.21. The fraction of sp³-hybridized carbons (Fsp3) is 0.308. The number of pyridine rings is 2. The molecule has 0 amide bonds. The Morgan fingerprint density at radius 3 is 2.71 bits per heavy atom. The summed E-state index contributed by atoms with van der Waals surface area (Å²) in [5, 5.41) is 7.34. The minimum atomic E-state index is 0.552. The molecule has 8 heteroatoms. The van der Waals surface area contributed by atoms with E-state index in [1.165, 1.54) is 24.8 Å². The summed E-state index contributed by atoms with van der Waals surface area (Å²) in [6, 6.07) is 7.87. The standard InChI is InChI=1S/C26H24ClN7/c27-16-4-5-20-18(12-16)22-17(6-7-30-25(22)31-20)24-32-21-14-29-13-19(15-2-1-3-15)23(21)26(33-24)34-10-8-28-9-11-34/h4-7,12-15,28H,1-3,8-11H2,(H,30,31). The molecule has 1 saturated carbocycles. The van der Waals surface area contributed by atoms with Crippen molar-refractivity contribution < 1.29 is 0 Å². The Morgan fingerprint density at radius 1 is 1.00 bits per heavy atom. The minimum absolute atomic E-state index is 0.552. The van der Waals surface area contributed by atoms with Crippen LogP contribution in [0.25, 0.3) is 44.2 Å². The zero-order chi connectivity index (χ0) is 22.6. The van der Waals surface area contributed by atoms with Crippen molar-refractivity contribution in [3.05, 3.63) is 53.4 Å². The molecular weight excluding hydrogens is 446 g/mol. The fourth-order valence-corrected chi connectivity index (χ4v) is 5.49. The van der Waals surface area contributed by atoms with Gasteiger partial charge in [-0.3, -0.25) is 4.98 Å². The summed E-state index contributed by atoms with van der Waals surface area (Å²) in [6.07, 6.45) is 9.44. The lowest BCUT2D eigenvalue weighted by Gasteiger charge is -2.32. The van der Waals surface area contributed by atoms with Gasteiger partial charge in [0.2, 0.25) is 0 Å². The van der Waals surface area contributed by atoms with Crippen molar-refractivity contribution in [2.24, 2.45) is 0 Å². The molecule has 0 unspecified atom stereocenters. The van der Waals surface area contributed by atoms with Gasteiger partial charge in [0.1, 0.15) is 11.5 Å². The summed E-state index contributed by atoms with van der Waals surface area (Å²) in [6.45, 7) is 3.75. The van der Waals surface area contributed by atoms with E-state index in [0.717, 1.165) is 70.4 Å². The molecule has 5 heterocycles. The topological polar surface area (TPSA) is 82.6 Å². The van der Waals surface area contributed by atoms with Crippen LogP contribution < -0.4 is 10.2 Å². The lowest BCUT2D eigenvalue weighted by Crippen LogP contribution is -2.44. The van der Waals surface area contributed by atoms with Gasteiger partial charge in [0, 0.05) is 70.8 Å². The SMILES string of the molecule is Clc1ccc2[nH]c3nccc(-c4nc(N5CCNCC5)c5c(C6CCC6)cncc5n4)c3c2c1. The minimum Gasteiger partial charge on any atom is -0.353 e. The molecule has 1 saturated heterocycles. The molecule has 0 radical (unpaired) electrons. The summed E-state index contributed by atoms with van der Waals surface area (Å²) in [7, 11) is 0. The van der Waals surface area contributed by atoms with Crippen LogP contribution in [0.3, 0.4) is 0 Å². The quantitative estimate of drug-likeness (QED) is 0.384. The van der Waals surface area contributed by atoms with E-state index in [2.05, 4.69) is 25.2 Å². The third-order valence-corrected chi connectivity index (χ3v) is 7.51. The normalized spacial score (nSPS) is 17.0. The van der Waals surface area contributed by atoms with Crippen LogP contribution >= 0.6 is 11.6 Å². The first-order valence-electron chi connectivity index (χ1n) is 11.9. The van der Waals surface area contributed by atoms with Gasteiger partial charge in [-0.25, -0.2) is 15.0 Å². The number of H-pyrrole nitrogens is 1. The van der Waals surface area contributed by atoms with Gasteiger partial charge in [-0.05, 0) is 48.6 Å². The number of piperazine rings is 1. The van der Waals surface area contributed by atoms with E-state index in [0.29, 0.717) is 16.8 Å². The Hall–Kier alpha value is -3.29. The van der Waals surface area contributed by atoms with Gasteiger partial charge in [-0.15, -0.1) is 0 Å². The Kier molecular flexibility index (Phi) is 4.67. The molecule has 1 aromatic carbocycles. The van der Waals surface area contributed by atoms with E-state index in [1.807, 2.05) is 42.9 Å². The van der Waals surface area contributed by atoms with Crippen LogP contribution in [0.15, 0.2) is 42.9 Å². The highest BCUT2D eigenvalue weighted by molar-refractivity contribution is 6.32. The number of hydrogen-bond acceptors (Lipinski definition) is 6. The van der Waals surface area contributed by atoms with E-state index in [4.69, 9.17) is 21.6 Å². The highest BCUT2D eigenvalue weighted by atomic mass is 35.5. The van der Waals surface area contributed by atoms with Gasteiger partial charge in [0.25, 0.3) is 0 Å². The van der Waals surface area contributed by atoms with Gasteiger partial charge >= 0.3 is 0 Å². The maximum absolute atomic E-state index is 6.36. The molecule has 34 heavy (non-hydrogen) atoms. The van der Waals surface area contributed by atoms with Gasteiger partial charge in [-0.1, -0.05) is 18.0 Å². The first kappa shape index (κ1) is 20.1. The van der Waals surface area contributed by atoms with Crippen molar-refractivity contribution in [2.45, 2.75) is 25.2 Å². The van der Waals surface area contributed by atoms with E-state index in [-0.39, 0.29) is 0 Å². The molecule has 4 aromatic heterocycles. The molecule has 2 aliphatic rings. The lowest BCUT2D eigenvalue weighted by atomic mass is 9.79. The largest absolute Gasteiger partial charge is 0.353 e. The van der Waals surface area contributed by atoms with Gasteiger partial charge in [0.05, 0.1) is 11.7 Å². The van der Waals surface area contributed by atoms with E-state index in [1.54, 1.807) is 0 Å². The average molecular weight is 470 g/mol. The molecule has 5 aromatic rings. The molecule has 0 atom stereocenters. The number of fused-ring (bicyclic) bond motifs is 4. The van der Waals surface area contributed by atoms with Crippen molar-refractivity contribution in [3.8, 4) is 11.4 Å². The van der Waals surface area contributed by atoms with Crippen molar-refractivity contribution >= 4 is 50.3 Å². The second-order valence-electron chi connectivity index (χ2n) is 9.26. The van der Waals surface area contributed by atoms with Crippen molar-refractivity contribution in [1.82, 2.24) is 30.2 Å². The Balaban J connectivity index is 1.51. The number of benzene rings is 1. The first-order chi connectivity index (χ1) is 16.8. The van der Waals surface area contributed by atoms with Crippen LogP contribution in [0.2, 0.25) is 5.02 Å². The van der Waals surface area contributed by atoms with Crippen molar-refractivity contribution in [3.63, 3.8) is 0 Å². The molecule has 1 aliphatic heterocycles. The smallest absolute Gasteiger partial charge is 0.163 e. The van der Waals surface area contributed by atoms with Crippen LogP contribution in [-0.4, -0.2) is 51.1 Å². The fourth-order valence-electron chi connectivity index (χ4n) is 5.32. The highest BCUT2D eigenvalue weighted by Gasteiger charge is 2.27. The summed E-state index contributed by atoms with van der Waals surface area (Å²) >= 11 is 6.36. The first-order valence-corrected chi connectivity index (χ1v) is 12.3. The van der Waals surface area contributed by atoms with Crippen LogP contribution in [0, 0.1) is 0 Å². The molecule has 0 spiro atoms. The number of aromatic amines is 1. The van der Waals surface area contributed by atoms with Gasteiger partial charge in [-0.2, -0.15) is 0 Å². The van der Waals surface area contributed by atoms with Crippen LogP contribution in [0.4, 0.5) is 5.82 Å². The molecule has 2 fully saturated rings. The Morgan fingerprint density at radius 2 is 1.88 bits per heavy atom. The monoisotopic (exact) mass is 469 g/mol. The number of nitrogens with zero attached hydrogens (tertiary/aromatic N) is 5. The number of anilines is 1. The molecule has 7 nitrogen and oxygen atoms in total. The second kappa shape index (κ2) is 7.89. The maximum Gasteiger partial charge on any atom is 0.163 e. The zero-order valence-corrected chi connectivity index (χ0v) is 19.4. The Bertz CT molecular complexity index is 1550. The van der Waals surface area contributed by atoms with Gasteiger partial charge < -0.3 is 15.2 Å². The summed E-state index contributed by atoms with van der Waals surface area (Å²) in [5.74, 6) is 2.27. The van der Waals surface area contributed by atoms with Crippen LogP contribution in [0.5, 0.6) is 0 Å². The second-order valence-corrected chi connectivity index (χ2v) is 9.69. The number of nitrogens with one attached hydrogen (secondary N) is 2. The number of rotatable bonds is 3. The lowest BCUT2D eigenvalue weighted by molar-refractivity contribution is 0.421. The third-order valence-electron chi connectivity index (χ3n) is 7.27. The number of aromatic nitrogens is 5. The number of hydrogen-bond donors (Lipinski definition) is 2. The summed E-state index contributed by atoms with van der Waals surface area (Å²) < 4.78 is 0. The molecule has 2 N–H and O–H groups in total. The van der Waals surface area contributed by atoms with Crippen LogP contribution in [0.1, 0.15) is 30.7 Å². The van der Waals surface area contributed by atoms with Crippen LogP contribution in [-0.2, 0) is 0 Å². The highest BCUT2D eigenvalue weighted by Crippen LogP contribution is 2.42. The molecular formula is C26H24ClN7. The molecule has 170 valence electrons. The van der Waals surface area contributed by atoms with Crippen molar-refractivity contribution in [1.29, 1.82) is 0 Å². The predicted molar refractivity (Wildman–Crippen MR) is 137 cm³/mol. The zero-order valence-electron chi connectivity index (χ0n) is 18.7. The van der Waals surface area contributed by atoms with E-state index >= 15 is 0 Å². The van der Waals surface area contributed by atoms with E-state index in [9.17, 15) is 0 Å². The molecule has 1 aliphatic carbocycles. The predicted octanol–water partition coefficient (Wildman–Crippen LogP) is 5.05. The summed E-state index contributed by atoms with van der Waals surface area (Å²) in [4.78, 5) is 25.3. The van der Waals surface area contributed by atoms with E-state index < -0.39 is 0 Å². The van der Waals surface area contributed by atoms with Gasteiger partial charge in [0.15, 0.2) is 5.82 Å².